The standard InChI is InChI=1S/C12H16N4O2.C2H6/c1-4-18-12(17)11-8(2)9(7-16(11)13)10-5-6-15(3)14-10;1-2/h5-7H,4,13H2,1-3H3;1-2H3. The molecule has 2 N–H and O–H groups in total. The fraction of sp³-hybridized carbons (Fsp3) is 0.429. The van der Waals surface area contributed by atoms with Crippen LogP contribution in [0.2, 0.25) is 0 Å². The monoisotopic (exact) mass is 278 g/mol. The predicted octanol–water partition coefficient (Wildman–Crippen LogP) is 2.11. The number of esters is 1. The summed E-state index contributed by atoms with van der Waals surface area (Å²) in [6.07, 6.45) is 3.52. The lowest BCUT2D eigenvalue weighted by Gasteiger charge is -2.03. The number of carbonyl (C=O) groups is 1. The number of carbonyl (C=O) groups excluding carboxylic acids is 1. The van der Waals surface area contributed by atoms with Gasteiger partial charge in [-0.25, -0.2) is 4.79 Å². The summed E-state index contributed by atoms with van der Waals surface area (Å²) in [6.45, 7) is 7.92. The molecular weight excluding hydrogens is 256 g/mol. The minimum atomic E-state index is -0.417. The normalized spacial score (nSPS) is 9.85. The van der Waals surface area contributed by atoms with Crippen molar-refractivity contribution in [2.75, 3.05) is 12.4 Å². The van der Waals surface area contributed by atoms with Crippen molar-refractivity contribution < 1.29 is 9.53 Å². The van der Waals surface area contributed by atoms with Gasteiger partial charge in [0.15, 0.2) is 5.69 Å². The van der Waals surface area contributed by atoms with Crippen molar-refractivity contribution in [2.45, 2.75) is 27.7 Å². The molecule has 0 aliphatic carbocycles. The molecule has 0 atom stereocenters. The average Bonchev–Trinajstić information content (AvgIpc) is 2.96. The number of nitrogen functional groups attached to an aromatic ring is 1. The van der Waals surface area contributed by atoms with Crippen LogP contribution >= 0.6 is 0 Å². The molecule has 0 fully saturated rings. The van der Waals surface area contributed by atoms with Gasteiger partial charge in [0, 0.05) is 25.0 Å². The van der Waals surface area contributed by atoms with Gasteiger partial charge >= 0.3 is 5.97 Å². The molecule has 0 radical (unpaired) electrons. The molecule has 0 aliphatic rings. The van der Waals surface area contributed by atoms with Gasteiger partial charge in [-0.2, -0.15) is 5.10 Å². The van der Waals surface area contributed by atoms with Gasteiger partial charge in [-0.05, 0) is 25.5 Å². The molecule has 110 valence electrons. The van der Waals surface area contributed by atoms with E-state index in [1.807, 2.05) is 40.1 Å². The number of nitrogens with zero attached hydrogens (tertiary/aromatic N) is 3. The van der Waals surface area contributed by atoms with Crippen LogP contribution in [0.4, 0.5) is 0 Å². The number of nitrogens with two attached hydrogens (primary N) is 1. The maximum Gasteiger partial charge on any atom is 0.357 e. The Balaban J connectivity index is 0.000000956. The first-order chi connectivity index (χ1) is 9.54. The van der Waals surface area contributed by atoms with E-state index in [2.05, 4.69) is 5.10 Å². The highest BCUT2D eigenvalue weighted by molar-refractivity contribution is 5.92. The zero-order valence-corrected chi connectivity index (χ0v) is 12.7. The first-order valence-corrected chi connectivity index (χ1v) is 6.68. The molecule has 0 bridgehead atoms. The van der Waals surface area contributed by atoms with E-state index in [1.54, 1.807) is 17.8 Å². The smallest absolute Gasteiger partial charge is 0.357 e. The van der Waals surface area contributed by atoms with Crippen LogP contribution in [-0.2, 0) is 11.8 Å². The predicted molar refractivity (Wildman–Crippen MR) is 78.8 cm³/mol. The Bertz CT molecular complexity index is 584. The Morgan fingerprint density at radius 2 is 2.10 bits per heavy atom. The number of aryl methyl sites for hydroxylation is 1. The highest BCUT2D eigenvalue weighted by Gasteiger charge is 2.20. The molecule has 0 unspecified atom stereocenters. The Morgan fingerprint density at radius 1 is 1.45 bits per heavy atom. The second-order valence-electron chi connectivity index (χ2n) is 4.02. The highest BCUT2D eigenvalue weighted by Crippen LogP contribution is 2.25. The van der Waals surface area contributed by atoms with Gasteiger partial charge in [0.05, 0.1) is 12.3 Å². The first-order valence-electron chi connectivity index (χ1n) is 6.68. The number of rotatable bonds is 3. The van der Waals surface area contributed by atoms with Crippen LogP contribution in [0.3, 0.4) is 0 Å². The fourth-order valence-electron chi connectivity index (χ4n) is 1.90. The zero-order chi connectivity index (χ0) is 15.3. The van der Waals surface area contributed by atoms with Crippen LogP contribution in [-0.4, -0.2) is 27.0 Å². The fourth-order valence-corrected chi connectivity index (χ4v) is 1.90. The zero-order valence-electron chi connectivity index (χ0n) is 12.7. The summed E-state index contributed by atoms with van der Waals surface area (Å²) in [6, 6.07) is 1.87. The second-order valence-corrected chi connectivity index (χ2v) is 4.02. The van der Waals surface area contributed by atoms with E-state index in [-0.39, 0.29) is 0 Å². The molecule has 20 heavy (non-hydrogen) atoms. The van der Waals surface area contributed by atoms with Gasteiger partial charge in [0.1, 0.15) is 0 Å². The van der Waals surface area contributed by atoms with Crippen molar-refractivity contribution in [3.63, 3.8) is 0 Å². The molecule has 2 heterocycles. The molecule has 0 spiro atoms. The van der Waals surface area contributed by atoms with Crippen molar-refractivity contribution in [1.29, 1.82) is 0 Å². The summed E-state index contributed by atoms with van der Waals surface area (Å²) in [5.41, 5.74) is 2.75. The number of ether oxygens (including phenoxy) is 1. The molecule has 0 saturated carbocycles. The van der Waals surface area contributed by atoms with Crippen molar-refractivity contribution in [3.05, 3.63) is 29.7 Å². The van der Waals surface area contributed by atoms with Crippen LogP contribution in [0.1, 0.15) is 36.8 Å². The van der Waals surface area contributed by atoms with Crippen molar-refractivity contribution >= 4 is 5.97 Å². The molecule has 6 heteroatoms. The Hall–Kier alpha value is -2.24. The molecule has 0 aromatic carbocycles. The van der Waals surface area contributed by atoms with Crippen molar-refractivity contribution in [2.24, 2.45) is 7.05 Å². The largest absolute Gasteiger partial charge is 0.461 e. The molecule has 0 amide bonds. The second kappa shape index (κ2) is 6.79. The van der Waals surface area contributed by atoms with Crippen LogP contribution in [0, 0.1) is 6.92 Å². The summed E-state index contributed by atoms with van der Waals surface area (Å²) in [4.78, 5) is 11.8. The molecule has 2 rings (SSSR count). The van der Waals surface area contributed by atoms with E-state index in [9.17, 15) is 4.79 Å². The highest BCUT2D eigenvalue weighted by atomic mass is 16.5. The Morgan fingerprint density at radius 3 is 2.60 bits per heavy atom. The Kier molecular flexibility index (Phi) is 5.37. The molecule has 2 aromatic rings. The van der Waals surface area contributed by atoms with E-state index < -0.39 is 5.97 Å². The van der Waals surface area contributed by atoms with E-state index in [0.717, 1.165) is 16.8 Å². The number of hydrogen-bond acceptors (Lipinski definition) is 4. The molecule has 0 saturated heterocycles. The molecule has 0 aliphatic heterocycles. The van der Waals surface area contributed by atoms with Crippen LogP contribution in [0.5, 0.6) is 0 Å². The SMILES string of the molecule is CC.CCOC(=O)c1c(C)c(-c2ccn(C)n2)cn1N. The van der Waals surface area contributed by atoms with E-state index in [1.165, 1.54) is 4.68 Å². The third kappa shape index (κ3) is 3.01. The minimum Gasteiger partial charge on any atom is -0.461 e. The summed E-state index contributed by atoms with van der Waals surface area (Å²) in [5.74, 6) is 5.38. The summed E-state index contributed by atoms with van der Waals surface area (Å²) < 4.78 is 7.97. The quantitative estimate of drug-likeness (QED) is 0.689. The lowest BCUT2D eigenvalue weighted by atomic mass is 10.1. The van der Waals surface area contributed by atoms with Gasteiger partial charge in [-0.3, -0.25) is 9.36 Å². The Labute approximate surface area is 119 Å². The summed E-state index contributed by atoms with van der Waals surface area (Å²) in [7, 11) is 1.84. The van der Waals surface area contributed by atoms with E-state index in [4.69, 9.17) is 10.6 Å². The van der Waals surface area contributed by atoms with Crippen LogP contribution in [0.15, 0.2) is 18.5 Å². The lowest BCUT2D eigenvalue weighted by Crippen LogP contribution is -2.18. The minimum absolute atomic E-state index is 0.322. The van der Waals surface area contributed by atoms with E-state index in [0.29, 0.717) is 12.3 Å². The molecule has 2 aromatic heterocycles. The van der Waals surface area contributed by atoms with Gasteiger partial charge in [0.2, 0.25) is 0 Å². The molecule has 6 nitrogen and oxygen atoms in total. The third-order valence-corrected chi connectivity index (χ3v) is 2.74. The first kappa shape index (κ1) is 15.8. The van der Waals surface area contributed by atoms with Crippen molar-refractivity contribution in [1.82, 2.24) is 14.5 Å². The van der Waals surface area contributed by atoms with Crippen LogP contribution in [0.25, 0.3) is 11.3 Å². The lowest BCUT2D eigenvalue weighted by molar-refractivity contribution is 0.0515. The third-order valence-electron chi connectivity index (χ3n) is 2.74. The van der Waals surface area contributed by atoms with Gasteiger partial charge in [-0.15, -0.1) is 0 Å². The average molecular weight is 278 g/mol. The van der Waals surface area contributed by atoms with Gasteiger partial charge in [-0.1, -0.05) is 13.8 Å². The number of aromatic nitrogens is 3. The maximum atomic E-state index is 11.8. The van der Waals surface area contributed by atoms with Crippen LogP contribution < -0.4 is 5.84 Å². The number of hydrogen-bond donors (Lipinski definition) is 1. The topological polar surface area (TPSA) is 75.1 Å². The summed E-state index contributed by atoms with van der Waals surface area (Å²) in [5, 5.41) is 4.30. The van der Waals surface area contributed by atoms with Gasteiger partial charge in [0.25, 0.3) is 0 Å². The molecular formula is C14H22N4O2. The van der Waals surface area contributed by atoms with Crippen molar-refractivity contribution in [3.8, 4) is 11.3 Å². The van der Waals surface area contributed by atoms with Gasteiger partial charge < -0.3 is 10.6 Å². The summed E-state index contributed by atoms with van der Waals surface area (Å²) >= 11 is 0. The van der Waals surface area contributed by atoms with E-state index >= 15 is 0 Å². The maximum absolute atomic E-state index is 11.8.